The molecule has 0 saturated carbocycles. The van der Waals surface area contributed by atoms with Gasteiger partial charge in [-0.3, -0.25) is 0 Å². The van der Waals surface area contributed by atoms with Crippen molar-refractivity contribution in [2.45, 2.75) is 51.6 Å². The molecule has 0 atom stereocenters. The summed E-state index contributed by atoms with van der Waals surface area (Å²) < 4.78 is 82.0. The Morgan fingerprint density at radius 2 is 1.44 bits per heavy atom. The molecule has 0 amide bonds. The van der Waals surface area contributed by atoms with Gasteiger partial charge in [0, 0.05) is 5.56 Å². The Bertz CT molecular complexity index is 1140. The van der Waals surface area contributed by atoms with Crippen LogP contribution in [0.5, 0.6) is 0 Å². The Hall–Kier alpha value is -2.76. The molecule has 1 aliphatic rings. The zero-order valence-electron chi connectivity index (χ0n) is 17.6. The molecule has 4 rings (SSSR count). The first kappa shape index (κ1) is 22.4. The van der Waals surface area contributed by atoms with Crippen molar-refractivity contribution in [1.82, 2.24) is 0 Å². The van der Waals surface area contributed by atoms with Gasteiger partial charge in [-0.05, 0) is 71.2 Å². The van der Waals surface area contributed by atoms with Crippen molar-refractivity contribution in [3.8, 4) is 22.3 Å². The molecule has 6 heteroatoms. The van der Waals surface area contributed by atoms with Crippen LogP contribution in [0.3, 0.4) is 0 Å². The summed E-state index contributed by atoms with van der Waals surface area (Å²) in [5.41, 5.74) is 2.07. The fraction of sp³-hybridized carbons (Fsp3) is 0.308. The van der Waals surface area contributed by atoms with Crippen molar-refractivity contribution < 1.29 is 26.3 Å². The van der Waals surface area contributed by atoms with Crippen LogP contribution in [0.1, 0.15) is 48.4 Å². The molecular weight excluding hydrogens is 426 g/mol. The minimum absolute atomic E-state index is 0.116. The summed E-state index contributed by atoms with van der Waals surface area (Å²) in [4.78, 5) is 0. The first-order valence-corrected chi connectivity index (χ1v) is 10.7. The van der Waals surface area contributed by atoms with E-state index in [4.69, 9.17) is 0 Å². The molecule has 0 radical (unpaired) electrons. The van der Waals surface area contributed by atoms with Crippen molar-refractivity contribution in [2.24, 2.45) is 0 Å². The van der Waals surface area contributed by atoms with Crippen LogP contribution in [0.2, 0.25) is 0 Å². The lowest BCUT2D eigenvalue weighted by Gasteiger charge is -2.23. The van der Waals surface area contributed by atoms with E-state index in [1.54, 1.807) is 6.07 Å². The van der Waals surface area contributed by atoms with Gasteiger partial charge in [-0.15, -0.1) is 0 Å². The fourth-order valence-corrected chi connectivity index (χ4v) is 4.45. The number of halogens is 6. The maximum atomic E-state index is 15.3. The molecule has 0 nitrogen and oxygen atoms in total. The van der Waals surface area contributed by atoms with Gasteiger partial charge in [0.15, 0.2) is 0 Å². The lowest BCUT2D eigenvalue weighted by molar-refractivity contribution is -0.142. The van der Waals surface area contributed by atoms with Crippen molar-refractivity contribution in [2.75, 3.05) is 0 Å². The predicted molar refractivity (Wildman–Crippen MR) is 113 cm³/mol. The molecule has 0 aliphatic heterocycles. The topological polar surface area (TPSA) is 0 Å². The largest absolute Gasteiger partial charge is 0.422 e. The van der Waals surface area contributed by atoms with E-state index in [0.717, 1.165) is 30.4 Å². The number of unbranched alkanes of at least 4 members (excludes halogenated alkanes) is 2. The molecule has 0 unspecified atom stereocenters. The van der Waals surface area contributed by atoms with Crippen LogP contribution in [0, 0.1) is 17.5 Å². The molecular formula is C26H22F6. The minimum Gasteiger partial charge on any atom is -0.206 e. The van der Waals surface area contributed by atoms with Crippen LogP contribution < -0.4 is 0 Å². The van der Waals surface area contributed by atoms with Gasteiger partial charge in [0.25, 0.3) is 0 Å². The third kappa shape index (κ3) is 4.15. The zero-order chi connectivity index (χ0) is 23.0. The Morgan fingerprint density at radius 3 is 2.09 bits per heavy atom. The maximum absolute atomic E-state index is 15.3. The minimum atomic E-state index is -5.17. The molecule has 0 spiro atoms. The summed E-state index contributed by atoms with van der Waals surface area (Å²) in [6.45, 7) is 2.15. The third-order valence-corrected chi connectivity index (χ3v) is 6.05. The molecule has 1 aliphatic carbocycles. The molecule has 0 bridgehead atoms. The van der Waals surface area contributed by atoms with Crippen LogP contribution in [0.25, 0.3) is 22.3 Å². The smallest absolute Gasteiger partial charge is 0.206 e. The molecule has 32 heavy (non-hydrogen) atoms. The summed E-state index contributed by atoms with van der Waals surface area (Å²) in [7, 11) is 0. The van der Waals surface area contributed by atoms with Gasteiger partial charge < -0.3 is 0 Å². The Kier molecular flexibility index (Phi) is 6.06. The van der Waals surface area contributed by atoms with Gasteiger partial charge in [0.05, 0.1) is 0 Å². The number of alkyl halides is 3. The lowest BCUT2D eigenvalue weighted by atomic mass is 9.82. The molecule has 3 aromatic carbocycles. The molecule has 0 aromatic heterocycles. The van der Waals surface area contributed by atoms with E-state index >= 15 is 4.39 Å². The molecule has 168 valence electrons. The monoisotopic (exact) mass is 448 g/mol. The summed E-state index contributed by atoms with van der Waals surface area (Å²) in [5.74, 6) is -4.17. The highest BCUT2D eigenvalue weighted by molar-refractivity contribution is 5.78. The highest BCUT2D eigenvalue weighted by Gasteiger charge is 2.38. The third-order valence-electron chi connectivity index (χ3n) is 6.05. The van der Waals surface area contributed by atoms with E-state index in [0.29, 0.717) is 36.1 Å². The highest BCUT2D eigenvalue weighted by atomic mass is 19.4. The number of hydrogen-bond donors (Lipinski definition) is 0. The molecule has 0 saturated heterocycles. The number of hydrogen-bond acceptors (Lipinski definition) is 0. The van der Waals surface area contributed by atoms with Crippen molar-refractivity contribution in [3.63, 3.8) is 0 Å². The van der Waals surface area contributed by atoms with Gasteiger partial charge >= 0.3 is 6.18 Å². The standard InChI is InChI=1S/C26H22F6/c1-2-3-4-5-15-6-8-18-16(12-15)7-9-21-20(18)11-10-19(25(21)29)17-13-22(27)24(23(28)14-17)26(30,31)32/h6,8,10-14H,2-5,7,9H2,1H3. The van der Waals surface area contributed by atoms with Gasteiger partial charge in [-0.2, -0.15) is 13.2 Å². The summed E-state index contributed by atoms with van der Waals surface area (Å²) in [6.07, 6.45) is 0.286. The van der Waals surface area contributed by atoms with Crippen molar-refractivity contribution in [1.29, 1.82) is 0 Å². The molecule has 0 heterocycles. The average molecular weight is 448 g/mol. The number of aryl methyl sites for hydroxylation is 2. The lowest BCUT2D eigenvalue weighted by Crippen LogP contribution is -2.12. The number of fused-ring (bicyclic) bond motifs is 3. The summed E-state index contributed by atoms with van der Waals surface area (Å²) >= 11 is 0. The average Bonchev–Trinajstić information content (AvgIpc) is 2.72. The Balaban J connectivity index is 1.71. The first-order chi connectivity index (χ1) is 15.2. The quantitative estimate of drug-likeness (QED) is 0.272. The van der Waals surface area contributed by atoms with Crippen LogP contribution in [0.4, 0.5) is 26.3 Å². The molecule has 0 N–H and O–H groups in total. The van der Waals surface area contributed by atoms with Crippen molar-refractivity contribution >= 4 is 0 Å². The highest BCUT2D eigenvalue weighted by Crippen LogP contribution is 2.40. The fourth-order valence-electron chi connectivity index (χ4n) is 4.45. The van der Waals surface area contributed by atoms with E-state index in [2.05, 4.69) is 13.0 Å². The van der Waals surface area contributed by atoms with Crippen LogP contribution in [-0.2, 0) is 25.4 Å². The molecule has 3 aromatic rings. The zero-order valence-corrected chi connectivity index (χ0v) is 17.6. The second kappa shape index (κ2) is 8.64. The maximum Gasteiger partial charge on any atom is 0.422 e. The summed E-state index contributed by atoms with van der Waals surface area (Å²) in [6, 6.07) is 10.3. The predicted octanol–water partition coefficient (Wildman–Crippen LogP) is 8.29. The second-order valence-corrected chi connectivity index (χ2v) is 8.21. The summed E-state index contributed by atoms with van der Waals surface area (Å²) in [5, 5.41) is 0. The first-order valence-electron chi connectivity index (χ1n) is 10.7. The van der Waals surface area contributed by atoms with E-state index in [-0.39, 0.29) is 11.1 Å². The SMILES string of the molecule is CCCCCc1ccc2c(c1)CCc1c-2ccc(-c2cc(F)c(C(F)(F)F)c(F)c2)c1F. The van der Waals surface area contributed by atoms with E-state index in [1.807, 2.05) is 12.1 Å². The Labute approximate surface area is 182 Å². The van der Waals surface area contributed by atoms with Crippen LogP contribution >= 0.6 is 0 Å². The van der Waals surface area contributed by atoms with Crippen molar-refractivity contribution in [3.05, 3.63) is 82.2 Å². The van der Waals surface area contributed by atoms with Crippen LogP contribution in [-0.4, -0.2) is 0 Å². The van der Waals surface area contributed by atoms with Gasteiger partial charge in [-0.25, -0.2) is 13.2 Å². The van der Waals surface area contributed by atoms with E-state index in [9.17, 15) is 22.0 Å². The van der Waals surface area contributed by atoms with E-state index < -0.39 is 29.2 Å². The second-order valence-electron chi connectivity index (χ2n) is 8.21. The molecule has 0 fully saturated rings. The Morgan fingerprint density at radius 1 is 0.781 bits per heavy atom. The van der Waals surface area contributed by atoms with Crippen LogP contribution in [0.15, 0.2) is 42.5 Å². The van der Waals surface area contributed by atoms with Gasteiger partial charge in [0.2, 0.25) is 0 Å². The van der Waals surface area contributed by atoms with Gasteiger partial charge in [-0.1, -0.05) is 50.1 Å². The van der Waals surface area contributed by atoms with E-state index in [1.165, 1.54) is 18.1 Å². The normalized spacial score (nSPS) is 13.1. The van der Waals surface area contributed by atoms with Gasteiger partial charge in [0.1, 0.15) is 23.0 Å². The number of rotatable bonds is 5. The number of benzene rings is 3.